The molecule has 86 valence electrons. The van der Waals surface area contributed by atoms with Crippen LogP contribution >= 0.6 is 11.3 Å². The van der Waals surface area contributed by atoms with E-state index >= 15 is 0 Å². The molecule has 0 unspecified atom stereocenters. The normalized spacial score (nSPS) is 10.6. The number of aromatic nitrogens is 1. The maximum absolute atomic E-state index is 11.3. The van der Waals surface area contributed by atoms with Crippen molar-refractivity contribution in [1.82, 2.24) is 10.3 Å². The molecule has 1 aromatic heterocycles. The third kappa shape index (κ3) is 4.28. The van der Waals surface area contributed by atoms with Crippen molar-refractivity contribution < 1.29 is 9.53 Å². The van der Waals surface area contributed by atoms with E-state index in [2.05, 4.69) is 10.3 Å². The topological polar surface area (TPSA) is 75.0 Å². The van der Waals surface area contributed by atoms with E-state index in [9.17, 15) is 4.79 Å². The Morgan fingerprint density at radius 1 is 1.69 bits per heavy atom. The molecule has 1 heterocycles. The molecule has 0 aliphatic carbocycles. The molecule has 0 atom stereocenters. The van der Waals surface area contributed by atoms with Gasteiger partial charge in [0.15, 0.2) is 0 Å². The first-order valence-corrected chi connectivity index (χ1v) is 5.54. The molecular weight excluding hydrogens is 226 g/mol. The van der Waals surface area contributed by atoms with E-state index in [1.165, 1.54) is 17.5 Å². The fourth-order valence-corrected chi connectivity index (χ4v) is 1.56. The van der Waals surface area contributed by atoms with Crippen molar-refractivity contribution >= 4 is 17.4 Å². The van der Waals surface area contributed by atoms with E-state index in [1.807, 2.05) is 6.07 Å². The Morgan fingerprint density at radius 2 is 2.38 bits per heavy atom. The van der Waals surface area contributed by atoms with Crippen LogP contribution in [0.3, 0.4) is 0 Å². The van der Waals surface area contributed by atoms with Gasteiger partial charge in [0.25, 0.3) is 0 Å². The van der Waals surface area contributed by atoms with Gasteiger partial charge in [-0.2, -0.15) is 5.26 Å². The van der Waals surface area contributed by atoms with Crippen LogP contribution in [-0.2, 0) is 11.3 Å². The number of carbonyl (C=O) groups excluding carboxylic acids is 1. The second-order valence-electron chi connectivity index (χ2n) is 4.09. The fourth-order valence-electron chi connectivity index (χ4n) is 0.906. The van der Waals surface area contributed by atoms with Crippen LogP contribution < -0.4 is 5.32 Å². The molecule has 0 aliphatic heterocycles. The Morgan fingerprint density at radius 3 is 2.88 bits per heavy atom. The van der Waals surface area contributed by atoms with E-state index < -0.39 is 11.7 Å². The largest absolute Gasteiger partial charge is 0.444 e. The molecule has 1 amide bonds. The van der Waals surface area contributed by atoms with E-state index in [4.69, 9.17) is 10.00 Å². The Bertz CT molecular complexity index is 414. The lowest BCUT2D eigenvalue weighted by molar-refractivity contribution is 0.0523. The van der Waals surface area contributed by atoms with Crippen LogP contribution in [0.2, 0.25) is 0 Å². The summed E-state index contributed by atoms with van der Waals surface area (Å²) in [5.41, 5.74) is -0.509. The van der Waals surface area contributed by atoms with Crippen LogP contribution in [0, 0.1) is 11.3 Å². The molecule has 1 rings (SSSR count). The zero-order valence-electron chi connectivity index (χ0n) is 9.40. The maximum atomic E-state index is 11.3. The molecule has 6 heteroatoms. The van der Waals surface area contributed by atoms with Crippen LogP contribution in [0.15, 0.2) is 6.20 Å². The van der Waals surface area contributed by atoms with Crippen LogP contribution in [0.5, 0.6) is 0 Å². The predicted octanol–water partition coefficient (Wildman–Crippen LogP) is 2.04. The van der Waals surface area contributed by atoms with Crippen molar-refractivity contribution in [3.63, 3.8) is 0 Å². The van der Waals surface area contributed by atoms with Crippen LogP contribution in [0.25, 0.3) is 0 Å². The number of hydrogen-bond acceptors (Lipinski definition) is 5. The smallest absolute Gasteiger partial charge is 0.408 e. The molecule has 1 aromatic rings. The second kappa shape index (κ2) is 4.94. The third-order valence-electron chi connectivity index (χ3n) is 1.45. The van der Waals surface area contributed by atoms with Gasteiger partial charge in [-0.05, 0) is 20.8 Å². The molecule has 0 aliphatic rings. The number of hydrogen-bond donors (Lipinski definition) is 1. The Kier molecular flexibility index (Phi) is 3.85. The number of alkyl carbamates (subject to hydrolysis) is 1. The number of nitriles is 1. The number of carbonyl (C=O) groups is 1. The number of thiazole rings is 1. The lowest BCUT2D eigenvalue weighted by Gasteiger charge is -2.19. The van der Waals surface area contributed by atoms with Crippen molar-refractivity contribution in [2.75, 3.05) is 0 Å². The van der Waals surface area contributed by atoms with Crippen LogP contribution in [0.1, 0.15) is 30.7 Å². The predicted molar refractivity (Wildman–Crippen MR) is 59.9 cm³/mol. The van der Waals surface area contributed by atoms with Gasteiger partial charge < -0.3 is 10.1 Å². The summed E-state index contributed by atoms with van der Waals surface area (Å²) in [5, 5.41) is 11.8. The van der Waals surface area contributed by atoms with Crippen LogP contribution in [-0.4, -0.2) is 16.7 Å². The first-order chi connectivity index (χ1) is 7.40. The first-order valence-electron chi connectivity index (χ1n) is 4.72. The van der Waals surface area contributed by atoms with Gasteiger partial charge in [0.05, 0.1) is 12.7 Å². The lowest BCUT2D eigenvalue weighted by Crippen LogP contribution is -2.32. The maximum Gasteiger partial charge on any atom is 0.408 e. The molecule has 1 N–H and O–H groups in total. The number of rotatable bonds is 2. The van der Waals surface area contributed by atoms with Gasteiger partial charge in [-0.3, -0.25) is 0 Å². The van der Waals surface area contributed by atoms with Gasteiger partial charge in [-0.25, -0.2) is 9.78 Å². The summed E-state index contributed by atoms with van der Waals surface area (Å²) in [7, 11) is 0. The van der Waals surface area contributed by atoms with E-state index in [0.29, 0.717) is 9.88 Å². The average Bonchev–Trinajstić information content (AvgIpc) is 2.59. The Labute approximate surface area is 98.1 Å². The third-order valence-corrected chi connectivity index (χ3v) is 2.35. The van der Waals surface area contributed by atoms with E-state index in [0.717, 1.165) is 0 Å². The SMILES string of the molecule is CC(C)(C)OC(=O)NCc1ncc(C#N)s1. The number of nitrogens with zero attached hydrogens (tertiary/aromatic N) is 2. The highest BCUT2D eigenvalue weighted by Gasteiger charge is 2.16. The molecule has 0 fully saturated rings. The van der Waals surface area contributed by atoms with Gasteiger partial charge in [0.2, 0.25) is 0 Å². The van der Waals surface area contributed by atoms with Crippen molar-refractivity contribution in [3.05, 3.63) is 16.1 Å². The Hall–Kier alpha value is -1.61. The van der Waals surface area contributed by atoms with Crippen molar-refractivity contribution in [2.45, 2.75) is 32.9 Å². The molecule has 16 heavy (non-hydrogen) atoms. The lowest BCUT2D eigenvalue weighted by atomic mass is 10.2. The highest BCUT2D eigenvalue weighted by Crippen LogP contribution is 2.11. The van der Waals surface area contributed by atoms with Crippen molar-refractivity contribution in [1.29, 1.82) is 5.26 Å². The Balaban J connectivity index is 2.41. The number of amides is 1. The molecule has 0 spiro atoms. The molecule has 0 aromatic carbocycles. The summed E-state index contributed by atoms with van der Waals surface area (Å²) in [6, 6.07) is 1.99. The minimum absolute atomic E-state index is 0.279. The number of ether oxygens (including phenoxy) is 1. The summed E-state index contributed by atoms with van der Waals surface area (Å²) in [6.45, 7) is 5.67. The highest BCUT2D eigenvalue weighted by atomic mass is 32.1. The quantitative estimate of drug-likeness (QED) is 0.856. The van der Waals surface area contributed by atoms with Crippen molar-refractivity contribution in [2.24, 2.45) is 0 Å². The molecule has 0 radical (unpaired) electrons. The van der Waals surface area contributed by atoms with E-state index in [1.54, 1.807) is 20.8 Å². The zero-order chi connectivity index (χ0) is 12.2. The van der Waals surface area contributed by atoms with Gasteiger partial charge in [-0.1, -0.05) is 0 Å². The van der Waals surface area contributed by atoms with Gasteiger partial charge >= 0.3 is 6.09 Å². The number of nitrogens with one attached hydrogen (secondary N) is 1. The summed E-state index contributed by atoms with van der Waals surface area (Å²) in [6.07, 6.45) is 0.998. The minimum Gasteiger partial charge on any atom is -0.444 e. The van der Waals surface area contributed by atoms with Crippen molar-refractivity contribution in [3.8, 4) is 6.07 Å². The first kappa shape index (κ1) is 12.5. The molecule has 0 bridgehead atoms. The molecule has 0 saturated carbocycles. The molecular formula is C10H13N3O2S. The van der Waals surface area contributed by atoms with Gasteiger partial charge in [0.1, 0.15) is 21.6 Å². The monoisotopic (exact) mass is 239 g/mol. The highest BCUT2D eigenvalue weighted by molar-refractivity contribution is 7.12. The fraction of sp³-hybridized carbons (Fsp3) is 0.500. The van der Waals surface area contributed by atoms with Gasteiger partial charge in [0, 0.05) is 0 Å². The summed E-state index contributed by atoms with van der Waals surface area (Å²) < 4.78 is 5.05. The summed E-state index contributed by atoms with van der Waals surface area (Å²) in [4.78, 5) is 15.8. The molecule has 0 saturated heterocycles. The zero-order valence-corrected chi connectivity index (χ0v) is 10.2. The van der Waals surface area contributed by atoms with E-state index in [-0.39, 0.29) is 6.54 Å². The standard InChI is InChI=1S/C10H13N3O2S/c1-10(2,3)15-9(14)13-6-8-12-5-7(4-11)16-8/h5H,6H2,1-3H3,(H,13,14). The summed E-state index contributed by atoms with van der Waals surface area (Å²) >= 11 is 1.25. The summed E-state index contributed by atoms with van der Waals surface area (Å²) in [5.74, 6) is 0. The molecule has 5 nitrogen and oxygen atoms in total. The second-order valence-corrected chi connectivity index (χ2v) is 5.20. The van der Waals surface area contributed by atoms with Gasteiger partial charge in [-0.15, -0.1) is 11.3 Å². The minimum atomic E-state index is -0.509. The average molecular weight is 239 g/mol. The van der Waals surface area contributed by atoms with Crippen LogP contribution in [0.4, 0.5) is 4.79 Å².